The van der Waals surface area contributed by atoms with Crippen LogP contribution in [-0.2, 0) is 0 Å². The lowest BCUT2D eigenvalue weighted by Gasteiger charge is -2.16. The van der Waals surface area contributed by atoms with Gasteiger partial charge in [0.2, 0.25) is 0 Å². The Labute approximate surface area is 130 Å². The molecule has 1 unspecified atom stereocenters. The molecule has 1 nitrogen and oxygen atoms in total. The molecular formula is C14H9Cl3F2O. The van der Waals surface area contributed by atoms with Gasteiger partial charge in [-0.15, -0.1) is 11.6 Å². The molecular weight excluding hydrogens is 329 g/mol. The first-order chi connectivity index (χ1) is 9.49. The van der Waals surface area contributed by atoms with Gasteiger partial charge in [-0.1, -0.05) is 41.4 Å². The Balaban J connectivity index is 2.42. The van der Waals surface area contributed by atoms with Gasteiger partial charge in [0.25, 0.3) is 0 Å². The van der Waals surface area contributed by atoms with Crippen molar-refractivity contribution in [3.8, 4) is 5.75 Å². The van der Waals surface area contributed by atoms with E-state index in [1.54, 1.807) is 36.4 Å². The lowest BCUT2D eigenvalue weighted by molar-refractivity contribution is -0.0504. The lowest BCUT2D eigenvalue weighted by atomic mass is 10.0. The Bertz CT molecular complexity index is 605. The summed E-state index contributed by atoms with van der Waals surface area (Å²) < 4.78 is 29.3. The summed E-state index contributed by atoms with van der Waals surface area (Å²) in [7, 11) is 0. The quantitative estimate of drug-likeness (QED) is 0.629. The van der Waals surface area contributed by atoms with Gasteiger partial charge in [0.05, 0.1) is 5.38 Å². The van der Waals surface area contributed by atoms with Crippen LogP contribution in [0.2, 0.25) is 10.0 Å². The van der Waals surface area contributed by atoms with E-state index in [1.807, 2.05) is 0 Å². The second-order valence-electron chi connectivity index (χ2n) is 3.94. The Morgan fingerprint density at radius 3 is 2.35 bits per heavy atom. The highest BCUT2D eigenvalue weighted by atomic mass is 35.5. The molecule has 2 aromatic rings. The largest absolute Gasteiger partial charge is 0.434 e. The summed E-state index contributed by atoms with van der Waals surface area (Å²) in [6, 6.07) is 11.1. The minimum absolute atomic E-state index is 0.0125. The minimum Gasteiger partial charge on any atom is -0.434 e. The van der Waals surface area contributed by atoms with Crippen molar-refractivity contribution in [3.05, 3.63) is 63.6 Å². The molecule has 0 amide bonds. The Morgan fingerprint density at radius 2 is 1.65 bits per heavy atom. The van der Waals surface area contributed by atoms with E-state index in [9.17, 15) is 8.78 Å². The molecule has 20 heavy (non-hydrogen) atoms. The summed E-state index contributed by atoms with van der Waals surface area (Å²) in [5.41, 5.74) is 0.935. The average Bonchev–Trinajstić information content (AvgIpc) is 2.41. The van der Waals surface area contributed by atoms with Crippen molar-refractivity contribution in [2.45, 2.75) is 12.0 Å². The molecule has 0 aromatic heterocycles. The highest BCUT2D eigenvalue weighted by molar-refractivity contribution is 6.35. The van der Waals surface area contributed by atoms with Crippen molar-refractivity contribution in [1.82, 2.24) is 0 Å². The third-order valence-electron chi connectivity index (χ3n) is 2.64. The van der Waals surface area contributed by atoms with Crippen LogP contribution in [0.4, 0.5) is 8.78 Å². The normalized spacial score (nSPS) is 12.5. The molecule has 0 aliphatic carbocycles. The molecule has 0 heterocycles. The van der Waals surface area contributed by atoms with E-state index in [2.05, 4.69) is 4.74 Å². The summed E-state index contributed by atoms with van der Waals surface area (Å²) in [5.74, 6) is 0.0125. The summed E-state index contributed by atoms with van der Waals surface area (Å²) >= 11 is 18.3. The fourth-order valence-electron chi connectivity index (χ4n) is 1.77. The highest BCUT2D eigenvalue weighted by Gasteiger charge is 2.20. The molecule has 0 aliphatic rings. The van der Waals surface area contributed by atoms with Crippen molar-refractivity contribution in [1.29, 1.82) is 0 Å². The zero-order chi connectivity index (χ0) is 14.7. The van der Waals surface area contributed by atoms with Gasteiger partial charge in [-0.2, -0.15) is 8.78 Å². The number of para-hydroxylation sites is 1. The molecule has 0 saturated heterocycles. The van der Waals surface area contributed by atoms with Gasteiger partial charge >= 0.3 is 6.61 Å². The Hall–Kier alpha value is -1.03. The van der Waals surface area contributed by atoms with Crippen LogP contribution in [0, 0.1) is 0 Å². The van der Waals surface area contributed by atoms with E-state index in [-0.39, 0.29) is 5.75 Å². The van der Waals surface area contributed by atoms with Crippen molar-refractivity contribution in [2.75, 3.05) is 0 Å². The first kappa shape index (κ1) is 15.4. The molecule has 0 bridgehead atoms. The molecule has 0 radical (unpaired) electrons. The van der Waals surface area contributed by atoms with Crippen LogP contribution in [0.5, 0.6) is 5.75 Å². The smallest absolute Gasteiger partial charge is 0.387 e. The van der Waals surface area contributed by atoms with Crippen molar-refractivity contribution >= 4 is 34.8 Å². The number of hydrogen-bond acceptors (Lipinski definition) is 1. The summed E-state index contributed by atoms with van der Waals surface area (Å²) in [5, 5.41) is 0.125. The predicted molar refractivity (Wildman–Crippen MR) is 77.2 cm³/mol. The number of rotatable bonds is 4. The van der Waals surface area contributed by atoms with Crippen LogP contribution in [-0.4, -0.2) is 6.61 Å². The maximum atomic E-state index is 12.4. The van der Waals surface area contributed by atoms with E-state index < -0.39 is 12.0 Å². The van der Waals surface area contributed by atoms with E-state index in [1.165, 1.54) is 6.07 Å². The predicted octanol–water partition coefficient (Wildman–Crippen LogP) is 5.92. The molecule has 0 N–H and O–H groups in total. The Morgan fingerprint density at radius 1 is 0.950 bits per heavy atom. The third-order valence-corrected chi connectivity index (χ3v) is 3.69. The summed E-state index contributed by atoms with van der Waals surface area (Å²) in [4.78, 5) is 0. The zero-order valence-electron chi connectivity index (χ0n) is 9.99. The van der Waals surface area contributed by atoms with Gasteiger partial charge in [0, 0.05) is 15.6 Å². The van der Waals surface area contributed by atoms with Crippen molar-refractivity contribution in [2.24, 2.45) is 0 Å². The van der Waals surface area contributed by atoms with Gasteiger partial charge in [-0.05, 0) is 29.8 Å². The van der Waals surface area contributed by atoms with Crippen LogP contribution >= 0.6 is 34.8 Å². The van der Waals surface area contributed by atoms with Crippen LogP contribution in [0.3, 0.4) is 0 Å². The topological polar surface area (TPSA) is 9.23 Å². The fourth-order valence-corrected chi connectivity index (χ4v) is 2.59. The first-order valence-corrected chi connectivity index (χ1v) is 6.81. The van der Waals surface area contributed by atoms with Gasteiger partial charge in [-0.3, -0.25) is 0 Å². The summed E-state index contributed by atoms with van der Waals surface area (Å²) in [6.07, 6.45) is 0. The van der Waals surface area contributed by atoms with Gasteiger partial charge in [-0.25, -0.2) is 0 Å². The molecule has 2 aromatic carbocycles. The summed E-state index contributed by atoms with van der Waals surface area (Å²) in [6.45, 7) is -2.92. The molecule has 1 atom stereocenters. The standard InChI is InChI=1S/C14H9Cl3F2O/c15-8-5-6-11(16)10(7-8)13(17)9-3-1-2-4-12(9)20-14(18)19/h1-7,13-14H. The second kappa shape index (κ2) is 6.61. The molecule has 0 fully saturated rings. The van der Waals surface area contributed by atoms with Crippen LogP contribution in [0.15, 0.2) is 42.5 Å². The number of hydrogen-bond donors (Lipinski definition) is 0. The Kier molecular flexibility index (Phi) is 5.08. The SMILES string of the molecule is FC(F)Oc1ccccc1C(Cl)c1cc(Cl)ccc1Cl. The maximum Gasteiger partial charge on any atom is 0.387 e. The fraction of sp³-hybridized carbons (Fsp3) is 0.143. The van der Waals surface area contributed by atoms with Crippen molar-refractivity contribution < 1.29 is 13.5 Å². The third kappa shape index (κ3) is 3.54. The molecule has 6 heteroatoms. The monoisotopic (exact) mass is 336 g/mol. The van der Waals surface area contributed by atoms with Gasteiger partial charge in [0.1, 0.15) is 5.75 Å². The van der Waals surface area contributed by atoms with Crippen molar-refractivity contribution in [3.63, 3.8) is 0 Å². The molecule has 0 saturated carbocycles. The number of alkyl halides is 3. The number of halogens is 5. The molecule has 2 rings (SSSR count). The minimum atomic E-state index is -2.92. The molecule has 0 aliphatic heterocycles. The molecule has 106 valence electrons. The molecule has 0 spiro atoms. The second-order valence-corrected chi connectivity index (χ2v) is 5.22. The van der Waals surface area contributed by atoms with Crippen LogP contribution < -0.4 is 4.74 Å². The van der Waals surface area contributed by atoms with Gasteiger partial charge in [0.15, 0.2) is 0 Å². The lowest BCUT2D eigenvalue weighted by Crippen LogP contribution is -2.06. The van der Waals surface area contributed by atoms with Gasteiger partial charge < -0.3 is 4.74 Å². The number of benzene rings is 2. The first-order valence-electron chi connectivity index (χ1n) is 5.62. The zero-order valence-corrected chi connectivity index (χ0v) is 12.3. The highest BCUT2D eigenvalue weighted by Crippen LogP contribution is 2.39. The van der Waals surface area contributed by atoms with E-state index in [4.69, 9.17) is 34.8 Å². The van der Waals surface area contributed by atoms with Crippen LogP contribution in [0.25, 0.3) is 0 Å². The van der Waals surface area contributed by atoms with Crippen LogP contribution in [0.1, 0.15) is 16.5 Å². The van der Waals surface area contributed by atoms with E-state index in [0.29, 0.717) is 21.2 Å². The average molecular weight is 338 g/mol. The maximum absolute atomic E-state index is 12.4. The van der Waals surface area contributed by atoms with E-state index in [0.717, 1.165) is 0 Å². The van der Waals surface area contributed by atoms with E-state index >= 15 is 0 Å². The number of ether oxygens (including phenoxy) is 1.